The lowest BCUT2D eigenvalue weighted by Gasteiger charge is -2.25. The summed E-state index contributed by atoms with van der Waals surface area (Å²) in [4.78, 5) is 25.5. The number of benzene rings is 1. The molecule has 0 aromatic heterocycles. The Balaban J connectivity index is 2.13. The molecule has 0 bridgehead atoms. The molecule has 1 aromatic rings. The molecule has 1 heterocycles. The molecule has 0 saturated carbocycles. The summed E-state index contributed by atoms with van der Waals surface area (Å²) < 4.78 is 21.6. The Morgan fingerprint density at radius 3 is 2.44 bits per heavy atom. The molecule has 1 fully saturated rings. The van der Waals surface area contributed by atoms with E-state index in [0.717, 1.165) is 6.42 Å². The van der Waals surface area contributed by atoms with Gasteiger partial charge in [0.25, 0.3) is 0 Å². The maximum atomic E-state index is 13.4. The monoisotopic (exact) mass is 450 g/mol. The lowest BCUT2D eigenvalue weighted by molar-refractivity contribution is -0.149. The van der Waals surface area contributed by atoms with E-state index in [2.05, 4.69) is 0 Å². The van der Waals surface area contributed by atoms with E-state index in [1.165, 1.54) is 0 Å². The van der Waals surface area contributed by atoms with Crippen molar-refractivity contribution in [1.82, 2.24) is 0 Å². The van der Waals surface area contributed by atoms with Crippen molar-refractivity contribution < 1.29 is 33.6 Å². The zero-order chi connectivity index (χ0) is 23.8. The minimum atomic E-state index is -0.887. The summed E-state index contributed by atoms with van der Waals surface area (Å²) in [7, 11) is 3.19. The molecule has 180 valence electrons. The first kappa shape index (κ1) is 26.1. The molecule has 1 aromatic carbocycles. The minimum absolute atomic E-state index is 0.00308. The van der Waals surface area contributed by atoms with Crippen LogP contribution in [0.4, 0.5) is 0 Å². The number of ketones is 1. The maximum absolute atomic E-state index is 13.4. The van der Waals surface area contributed by atoms with Crippen LogP contribution in [0, 0.1) is 23.7 Å². The van der Waals surface area contributed by atoms with Crippen molar-refractivity contribution >= 4 is 11.8 Å². The zero-order valence-electron chi connectivity index (χ0n) is 20.1. The third-order valence-electron chi connectivity index (χ3n) is 6.13. The summed E-state index contributed by atoms with van der Waals surface area (Å²) in [6, 6.07) is 5.13. The highest BCUT2D eigenvalue weighted by atomic mass is 16.6. The van der Waals surface area contributed by atoms with Crippen LogP contribution in [0.3, 0.4) is 0 Å². The van der Waals surface area contributed by atoms with Crippen LogP contribution in [0.15, 0.2) is 18.2 Å². The molecule has 0 radical (unpaired) electrons. The highest BCUT2D eigenvalue weighted by molar-refractivity contribution is 5.98. The average Bonchev–Trinajstić information content (AvgIpc) is 3.16. The molecular weight excluding hydrogens is 412 g/mol. The molecule has 32 heavy (non-hydrogen) atoms. The van der Waals surface area contributed by atoms with Crippen LogP contribution in [0.5, 0.6) is 11.5 Å². The molecule has 4 atom stereocenters. The van der Waals surface area contributed by atoms with Crippen molar-refractivity contribution in [3.8, 4) is 11.5 Å². The molecule has 1 aliphatic rings. The number of carbonyl (C=O) groups excluding carboxylic acids is 2. The molecule has 1 aliphatic heterocycles. The van der Waals surface area contributed by atoms with Crippen molar-refractivity contribution in [2.45, 2.75) is 59.2 Å². The van der Waals surface area contributed by atoms with Gasteiger partial charge in [0.15, 0.2) is 17.3 Å². The van der Waals surface area contributed by atoms with Gasteiger partial charge in [-0.15, -0.1) is 0 Å². The van der Waals surface area contributed by atoms with E-state index in [0.29, 0.717) is 36.7 Å². The third-order valence-corrected chi connectivity index (χ3v) is 6.13. The number of rotatable bonds is 13. The van der Waals surface area contributed by atoms with Crippen LogP contribution in [0.1, 0.15) is 57.3 Å². The van der Waals surface area contributed by atoms with E-state index < -0.39 is 18.1 Å². The summed E-state index contributed by atoms with van der Waals surface area (Å²) in [5.74, 6) is 0.251. The number of aliphatic hydroxyl groups excluding tert-OH is 1. The standard InChI is InChI=1S/C25H38O7/c1-15(2)18(13-20(26)22-14-19(16(3)4)25(28)32-22)24(27)17-8-9-21(30-6)23(12-17)31-11-7-10-29-5/h8-9,12,15-16,18-20,22,26H,7,10-11,13-14H2,1-6H3. The smallest absolute Gasteiger partial charge is 0.309 e. The first-order chi connectivity index (χ1) is 15.2. The van der Waals surface area contributed by atoms with Crippen molar-refractivity contribution in [1.29, 1.82) is 0 Å². The fraction of sp³-hybridized carbons (Fsp3) is 0.680. The van der Waals surface area contributed by atoms with E-state index >= 15 is 0 Å². The SMILES string of the molecule is COCCCOc1cc(C(=O)C(CC(O)C2CC(C(C)C)C(=O)O2)C(C)C)ccc1OC. The highest BCUT2D eigenvalue weighted by Gasteiger charge is 2.41. The number of ether oxygens (including phenoxy) is 4. The Labute approximate surface area is 191 Å². The van der Waals surface area contributed by atoms with E-state index in [9.17, 15) is 14.7 Å². The lowest BCUT2D eigenvalue weighted by atomic mass is 9.81. The number of aliphatic hydroxyl groups is 1. The molecule has 1 saturated heterocycles. The quantitative estimate of drug-likeness (QED) is 0.277. The van der Waals surface area contributed by atoms with E-state index in [1.807, 2.05) is 27.7 Å². The zero-order valence-corrected chi connectivity index (χ0v) is 20.1. The van der Waals surface area contributed by atoms with Crippen molar-refractivity contribution in [2.24, 2.45) is 23.7 Å². The Hall–Kier alpha value is -2.12. The number of Topliss-reactive ketones (excluding diaryl/α,β-unsaturated/α-hetero) is 1. The maximum Gasteiger partial charge on any atom is 0.309 e. The lowest BCUT2D eigenvalue weighted by Crippen LogP contribution is -2.33. The van der Waals surface area contributed by atoms with Gasteiger partial charge in [-0.3, -0.25) is 9.59 Å². The van der Waals surface area contributed by atoms with Crippen molar-refractivity contribution in [3.05, 3.63) is 23.8 Å². The summed E-state index contributed by atoms with van der Waals surface area (Å²) in [6.07, 6.45) is -0.0223. The summed E-state index contributed by atoms with van der Waals surface area (Å²) >= 11 is 0. The fourth-order valence-electron chi connectivity index (χ4n) is 4.05. The van der Waals surface area contributed by atoms with Crippen molar-refractivity contribution in [3.63, 3.8) is 0 Å². The topological polar surface area (TPSA) is 91.3 Å². The van der Waals surface area contributed by atoms with Gasteiger partial charge in [0.2, 0.25) is 0 Å². The number of hydrogen-bond acceptors (Lipinski definition) is 7. The second-order valence-electron chi connectivity index (χ2n) is 9.14. The van der Waals surface area contributed by atoms with E-state index in [4.69, 9.17) is 18.9 Å². The van der Waals surface area contributed by atoms with Gasteiger partial charge in [-0.2, -0.15) is 0 Å². The van der Waals surface area contributed by atoms with Crippen LogP contribution >= 0.6 is 0 Å². The van der Waals surface area contributed by atoms with Gasteiger partial charge in [0, 0.05) is 38.0 Å². The Bertz CT molecular complexity index is 759. The third kappa shape index (κ3) is 6.69. The number of methoxy groups -OCH3 is 2. The molecule has 2 rings (SSSR count). The normalized spacial score (nSPS) is 20.3. The molecule has 4 unspecified atom stereocenters. The Morgan fingerprint density at radius 2 is 1.88 bits per heavy atom. The van der Waals surface area contributed by atoms with Crippen LogP contribution in [0.2, 0.25) is 0 Å². The molecule has 7 nitrogen and oxygen atoms in total. The fourth-order valence-corrected chi connectivity index (χ4v) is 4.05. The van der Waals surface area contributed by atoms with Crippen LogP contribution in [0.25, 0.3) is 0 Å². The van der Waals surface area contributed by atoms with Gasteiger partial charge in [-0.05, 0) is 36.5 Å². The van der Waals surface area contributed by atoms with Crippen LogP contribution in [-0.2, 0) is 14.3 Å². The van der Waals surface area contributed by atoms with Gasteiger partial charge < -0.3 is 24.1 Å². The summed E-state index contributed by atoms with van der Waals surface area (Å²) in [6.45, 7) is 8.88. The molecule has 0 aliphatic carbocycles. The van der Waals surface area contributed by atoms with Gasteiger partial charge in [-0.25, -0.2) is 0 Å². The molecule has 0 amide bonds. The predicted molar refractivity (Wildman–Crippen MR) is 121 cm³/mol. The average molecular weight is 451 g/mol. The Kier molecular flexibility index (Phi) is 9.97. The van der Waals surface area contributed by atoms with Gasteiger partial charge in [0.1, 0.15) is 6.10 Å². The predicted octanol–water partition coefficient (Wildman–Crippen LogP) is 3.90. The number of esters is 1. The highest BCUT2D eigenvalue weighted by Crippen LogP contribution is 2.34. The largest absolute Gasteiger partial charge is 0.493 e. The number of hydrogen-bond donors (Lipinski definition) is 1. The van der Waals surface area contributed by atoms with Crippen LogP contribution in [-0.4, -0.2) is 56.5 Å². The number of carbonyl (C=O) groups is 2. The number of cyclic esters (lactones) is 1. The first-order valence-corrected chi connectivity index (χ1v) is 11.4. The molecule has 1 N–H and O–H groups in total. The minimum Gasteiger partial charge on any atom is -0.493 e. The second-order valence-corrected chi connectivity index (χ2v) is 9.14. The summed E-state index contributed by atoms with van der Waals surface area (Å²) in [5.41, 5.74) is 0.502. The van der Waals surface area contributed by atoms with E-state index in [1.54, 1.807) is 32.4 Å². The van der Waals surface area contributed by atoms with E-state index in [-0.39, 0.29) is 35.9 Å². The van der Waals surface area contributed by atoms with Gasteiger partial charge in [-0.1, -0.05) is 27.7 Å². The second kappa shape index (κ2) is 12.2. The van der Waals surface area contributed by atoms with Crippen LogP contribution < -0.4 is 9.47 Å². The molecule has 0 spiro atoms. The van der Waals surface area contributed by atoms with Gasteiger partial charge in [0.05, 0.1) is 25.7 Å². The molecular formula is C25H38O7. The first-order valence-electron chi connectivity index (χ1n) is 11.4. The molecule has 7 heteroatoms. The van der Waals surface area contributed by atoms with Gasteiger partial charge >= 0.3 is 5.97 Å². The van der Waals surface area contributed by atoms with Crippen molar-refractivity contribution in [2.75, 3.05) is 27.4 Å². The summed E-state index contributed by atoms with van der Waals surface area (Å²) in [5, 5.41) is 10.8. The Morgan fingerprint density at radius 1 is 1.16 bits per heavy atom.